The van der Waals surface area contributed by atoms with Crippen LogP contribution in [0.15, 0.2) is 181 Å². The van der Waals surface area contributed by atoms with E-state index in [9.17, 15) is 24.0 Å². The van der Waals surface area contributed by atoms with Gasteiger partial charge in [0.15, 0.2) is 37.2 Å². The Morgan fingerprint density at radius 3 is 1.60 bits per heavy atom. The Morgan fingerprint density at radius 2 is 1.01 bits per heavy atom. The second kappa shape index (κ2) is 31.9. The number of esters is 4. The molecule has 0 N–H and O–H groups in total. The average molecular weight is 1310 g/mol. The van der Waals surface area contributed by atoms with Crippen molar-refractivity contribution in [2.24, 2.45) is 0 Å². The van der Waals surface area contributed by atoms with E-state index >= 15 is 9.59 Å². The number of carbonyl (C=O) groups is 7. The molecule has 0 radical (unpaired) electrons. The summed E-state index contributed by atoms with van der Waals surface area (Å²) < 4.78 is 94.4. The molecule has 22 nitrogen and oxygen atoms in total. The number of ether oxygens (including phenoxy) is 14. The van der Waals surface area contributed by atoms with Gasteiger partial charge in [0.2, 0.25) is 0 Å². The molecule has 6 aromatic rings. The van der Waals surface area contributed by atoms with Crippen LogP contribution in [0.1, 0.15) is 89.8 Å². The summed E-state index contributed by atoms with van der Waals surface area (Å²) in [5, 5.41) is 0. The van der Waals surface area contributed by atoms with Crippen LogP contribution in [0.25, 0.3) is 0 Å². The van der Waals surface area contributed by atoms with E-state index in [-0.39, 0.29) is 62.8 Å². The fourth-order valence-corrected chi connectivity index (χ4v) is 13.1. The largest absolute Gasteiger partial charge is 0.463 e. The molecule has 16 atom stereocenters. The fraction of sp³-hybridized carbons (Fsp3) is 0.394. The maximum Gasteiger partial charge on any atom is 0.306 e. The number of hydrogen-bond donors (Lipinski definition) is 0. The SMILES string of the molecule is CC(=O)CCC(=O)O[C@@H]1[C@@H](O[C@H]2O[C@H](COCc3ccccc3)[C@H](OCc3ccccc3)[C@H](O[C@@H]3O[C@H](COC(C)=O)[C@H](OC(C)=O)[C@H](OC(C)=O)[C@H]3N3C(=O)c4ccccc4C3=O)[C@H]2OCc2ccccc2)[C@H]2OC(c3ccccc3)OC[C@H]2O[C@H]1Sc1ccccc1. The van der Waals surface area contributed by atoms with Crippen LogP contribution in [-0.4, -0.2) is 157 Å². The minimum Gasteiger partial charge on any atom is -0.463 e. The van der Waals surface area contributed by atoms with Crippen LogP contribution in [0.4, 0.5) is 0 Å². The average Bonchev–Trinajstić information content (AvgIpc) is 1.38. The summed E-state index contributed by atoms with van der Waals surface area (Å²) in [4.78, 5) is 98.0. The molecule has 0 spiro atoms. The summed E-state index contributed by atoms with van der Waals surface area (Å²) in [7, 11) is 0. The fourth-order valence-electron chi connectivity index (χ4n) is 11.9. The molecule has 0 bridgehead atoms. The number of benzene rings is 6. The number of hydrogen-bond acceptors (Lipinski definition) is 22. The summed E-state index contributed by atoms with van der Waals surface area (Å²) in [5.74, 6) is -5.20. The van der Waals surface area contributed by atoms with Gasteiger partial charge in [0, 0.05) is 37.7 Å². The maximum absolute atomic E-state index is 15.0. The van der Waals surface area contributed by atoms with E-state index in [1.165, 1.54) is 30.8 Å². The Kier molecular flexibility index (Phi) is 22.9. The van der Waals surface area contributed by atoms with Crippen LogP contribution >= 0.6 is 11.8 Å². The van der Waals surface area contributed by atoms with E-state index < -0.39 is 140 Å². The van der Waals surface area contributed by atoms with Crippen molar-refractivity contribution in [3.05, 3.63) is 209 Å². The summed E-state index contributed by atoms with van der Waals surface area (Å²) in [6, 6.07) is 50.7. The first-order chi connectivity index (χ1) is 45.6. The lowest BCUT2D eigenvalue weighted by atomic mass is 9.93. The first-order valence-electron chi connectivity index (χ1n) is 31.0. The van der Waals surface area contributed by atoms with Crippen molar-refractivity contribution in [2.45, 2.75) is 163 Å². The number of nitrogens with zero attached hydrogens (tertiary/aromatic N) is 1. The number of amides is 2. The molecule has 1 unspecified atom stereocenters. The smallest absolute Gasteiger partial charge is 0.306 e. The molecule has 23 heteroatoms. The normalized spacial score (nSPS) is 28.1. The standard InChI is InChI=1S/C71H73NO21S/c1-42(73)34-35-56(77)90-65-63(60-55(89-71(65)94-50-30-18-9-19-31-50)41-84-68(91-60)49-28-16-8-17-29-49)93-70-64(83-38-48-26-14-7-15-27-48)62(58(82-37-47-24-12-6-13-25-47)53(88-70)39-80-36-46-22-10-5-11-23-46)92-69-57(72-66(78)51-32-20-21-33-52(51)67(72)79)61(86-45(4)76)59(85-44(3)75)54(87-69)40-81-43(2)74/h5-33,53-55,57-65,68-71H,34-41H2,1-4H3/t53-,54-,55-,57-,58+,59+,60+,61-,62+,63+,64-,65-,68?,69+,70-,71+/m1/s1. The van der Waals surface area contributed by atoms with Gasteiger partial charge in [-0.05, 0) is 47.9 Å². The minimum atomic E-state index is -1.92. The van der Waals surface area contributed by atoms with Gasteiger partial charge in [0.1, 0.15) is 72.7 Å². The third-order valence-electron chi connectivity index (χ3n) is 16.2. The molecule has 5 aliphatic rings. The van der Waals surface area contributed by atoms with E-state index in [2.05, 4.69) is 0 Å². The van der Waals surface area contributed by atoms with Crippen LogP contribution < -0.4 is 0 Å². The number of Topliss-reactive ketones (excluding diaryl/α,β-unsaturated/α-hetero) is 1. The highest BCUT2D eigenvalue weighted by Gasteiger charge is 2.61. The lowest BCUT2D eigenvalue weighted by molar-refractivity contribution is -0.388. The monoisotopic (exact) mass is 1310 g/mol. The summed E-state index contributed by atoms with van der Waals surface area (Å²) in [5.41, 5.74) is 1.84. The molecule has 6 aromatic carbocycles. The van der Waals surface area contributed by atoms with Gasteiger partial charge in [-0.1, -0.05) is 163 Å². The van der Waals surface area contributed by atoms with Crippen molar-refractivity contribution in [1.82, 2.24) is 4.90 Å². The molecule has 5 aliphatic heterocycles. The van der Waals surface area contributed by atoms with Crippen molar-refractivity contribution >= 4 is 53.2 Å². The molecule has 2 amide bonds. The van der Waals surface area contributed by atoms with Crippen molar-refractivity contribution in [1.29, 1.82) is 0 Å². The third-order valence-corrected chi connectivity index (χ3v) is 17.4. The second-order valence-electron chi connectivity index (χ2n) is 23.1. The van der Waals surface area contributed by atoms with E-state index in [1.807, 2.05) is 152 Å². The molecule has 4 fully saturated rings. The molecule has 0 aromatic heterocycles. The van der Waals surface area contributed by atoms with E-state index in [4.69, 9.17) is 66.3 Å². The Labute approximate surface area is 547 Å². The van der Waals surface area contributed by atoms with E-state index in [0.29, 0.717) is 11.1 Å². The van der Waals surface area contributed by atoms with Crippen LogP contribution in [0.3, 0.4) is 0 Å². The van der Waals surface area contributed by atoms with Gasteiger partial charge < -0.3 is 71.1 Å². The lowest BCUT2D eigenvalue weighted by Gasteiger charge is -2.53. The second-order valence-corrected chi connectivity index (χ2v) is 24.3. The summed E-state index contributed by atoms with van der Waals surface area (Å²) in [6.45, 7) is 3.70. The highest BCUT2D eigenvalue weighted by atomic mass is 32.2. The predicted molar refractivity (Wildman–Crippen MR) is 332 cm³/mol. The molecule has 0 aliphatic carbocycles. The maximum atomic E-state index is 15.0. The number of ketones is 1. The lowest BCUT2D eigenvalue weighted by Crippen LogP contribution is -2.70. The third kappa shape index (κ3) is 16.7. The van der Waals surface area contributed by atoms with Crippen molar-refractivity contribution in [2.75, 3.05) is 19.8 Å². The Hall–Kier alpha value is -8.04. The molecule has 494 valence electrons. The topological polar surface area (TPSA) is 252 Å². The molecular weight excluding hydrogens is 1230 g/mol. The zero-order chi connectivity index (χ0) is 65.7. The molecule has 11 rings (SSSR count). The first kappa shape index (κ1) is 67.4. The van der Waals surface area contributed by atoms with Crippen molar-refractivity contribution in [3.8, 4) is 0 Å². The quantitative estimate of drug-likeness (QED) is 0.0280. The van der Waals surface area contributed by atoms with Crippen LogP contribution in [0.2, 0.25) is 0 Å². The van der Waals surface area contributed by atoms with Gasteiger partial charge in [-0.3, -0.25) is 33.7 Å². The number of carbonyl (C=O) groups excluding carboxylic acids is 7. The molecule has 0 saturated carbocycles. The first-order valence-corrected chi connectivity index (χ1v) is 31.9. The predicted octanol–water partition coefficient (Wildman–Crippen LogP) is 8.60. The van der Waals surface area contributed by atoms with Crippen LogP contribution in [0.5, 0.6) is 0 Å². The summed E-state index contributed by atoms with van der Waals surface area (Å²) in [6.07, 6.45) is -20.2. The number of fused-ring (bicyclic) bond motifs is 2. The van der Waals surface area contributed by atoms with Gasteiger partial charge >= 0.3 is 23.9 Å². The summed E-state index contributed by atoms with van der Waals surface area (Å²) >= 11 is 1.26. The number of thioether (sulfide) groups is 1. The van der Waals surface area contributed by atoms with Crippen molar-refractivity contribution < 1.29 is 99.9 Å². The number of imide groups is 1. The molecule has 5 heterocycles. The van der Waals surface area contributed by atoms with Crippen LogP contribution in [-0.2, 0) is 110 Å². The van der Waals surface area contributed by atoms with Gasteiger partial charge in [-0.25, -0.2) is 0 Å². The Bertz CT molecular complexity index is 3500. The van der Waals surface area contributed by atoms with Gasteiger partial charge in [0.05, 0.1) is 50.6 Å². The van der Waals surface area contributed by atoms with Crippen molar-refractivity contribution in [3.63, 3.8) is 0 Å². The van der Waals surface area contributed by atoms with E-state index in [0.717, 1.165) is 41.7 Å². The Balaban J connectivity index is 1.09. The van der Waals surface area contributed by atoms with Gasteiger partial charge in [-0.15, -0.1) is 0 Å². The zero-order valence-electron chi connectivity index (χ0n) is 52.1. The molecule has 94 heavy (non-hydrogen) atoms. The Morgan fingerprint density at radius 1 is 0.489 bits per heavy atom. The molecular formula is C71H73NO21S. The van der Waals surface area contributed by atoms with E-state index in [1.54, 1.807) is 12.1 Å². The highest BCUT2D eigenvalue weighted by Crippen LogP contribution is 2.45. The van der Waals surface area contributed by atoms with Gasteiger partial charge in [-0.2, -0.15) is 0 Å². The number of rotatable bonds is 26. The molecule has 4 saturated heterocycles. The van der Waals surface area contributed by atoms with Gasteiger partial charge in [0.25, 0.3) is 11.8 Å². The zero-order valence-corrected chi connectivity index (χ0v) is 52.9. The van der Waals surface area contributed by atoms with Crippen LogP contribution in [0, 0.1) is 0 Å². The minimum absolute atomic E-state index is 0.00193. The highest BCUT2D eigenvalue weighted by molar-refractivity contribution is 7.99.